The Kier molecular flexibility index (Phi) is 23.2. The number of aromatic nitrogens is 1. The molecule has 0 spiro atoms. The Balaban J connectivity index is 0.00000128. The highest BCUT2D eigenvalue weighted by atomic mass is 19.1. The Morgan fingerprint density at radius 2 is 1.64 bits per heavy atom. The number of nitrogens with zero attached hydrogens (tertiary/aromatic N) is 4. The number of hydrogen-bond acceptors (Lipinski definition) is 6. The molecule has 53 heavy (non-hydrogen) atoms. The van der Waals surface area contributed by atoms with Gasteiger partial charge in [0.05, 0.1) is 11.4 Å². The number of likely N-dealkylation sites (tertiary alicyclic amines) is 1. The maximum absolute atomic E-state index is 14.3. The second kappa shape index (κ2) is 26.0. The summed E-state index contributed by atoms with van der Waals surface area (Å²) in [7, 11) is 1.50. The number of nitrogens with two attached hydrogens (primary N) is 2. The lowest BCUT2D eigenvalue weighted by Crippen LogP contribution is -2.41. The summed E-state index contributed by atoms with van der Waals surface area (Å²) in [4.78, 5) is 14.7. The van der Waals surface area contributed by atoms with Crippen LogP contribution < -0.4 is 16.4 Å². The second-order valence-corrected chi connectivity index (χ2v) is 14.4. The van der Waals surface area contributed by atoms with Crippen LogP contribution in [0.15, 0.2) is 72.7 Å². The van der Waals surface area contributed by atoms with E-state index in [4.69, 9.17) is 10.7 Å². The molecule has 2 heterocycles. The van der Waals surface area contributed by atoms with Crippen molar-refractivity contribution in [2.45, 2.75) is 104 Å². The smallest absolute Gasteiger partial charge is 0.126 e. The first-order valence-electron chi connectivity index (χ1n) is 19.6. The zero-order valence-electron chi connectivity index (χ0n) is 34.1. The van der Waals surface area contributed by atoms with E-state index < -0.39 is 0 Å². The van der Waals surface area contributed by atoms with Crippen LogP contribution in [0.3, 0.4) is 0 Å². The fraction of sp³-hybridized carbons (Fsp3) is 0.522. The van der Waals surface area contributed by atoms with Crippen molar-refractivity contribution in [2.75, 3.05) is 51.2 Å². The fourth-order valence-electron chi connectivity index (χ4n) is 6.53. The molecular weight excluding hydrogens is 656 g/mol. The normalized spacial score (nSPS) is 14.3. The highest BCUT2D eigenvalue weighted by molar-refractivity contribution is 5.70. The second-order valence-electron chi connectivity index (χ2n) is 14.4. The van der Waals surface area contributed by atoms with E-state index in [0.717, 1.165) is 99.8 Å². The number of aliphatic imine (C=N–C) groups is 1. The van der Waals surface area contributed by atoms with Gasteiger partial charge in [0.15, 0.2) is 0 Å². The molecule has 4 N–H and O–H groups in total. The first-order chi connectivity index (χ1) is 25.7. The largest absolute Gasteiger partial charge is 0.368 e. The van der Waals surface area contributed by atoms with E-state index in [-0.39, 0.29) is 11.2 Å². The standard InChI is InChI=1S/C38H51FN4.C3H9N.C2H4.C2H2.CH5N/c1-6-38(3,4)32-16-18-36(40-5)37(26-32)43(27-29-9-7-10-29)24-23-42-21-19-31(20-22-42)35-12-8-11-33(41-35)17-15-30-14-13-28(2)25-34(30)39;1-2-3-4;3*1-2/h8,11-14,16,18,25-26,29,31H,5-7,9-10,15,17,19-24,27H2,1-4H3;2-4H2,1H3;1-2H2;1-2H;2H2,1H3. The molecule has 0 atom stereocenters. The first kappa shape index (κ1) is 47.2. The number of hydrogen-bond donors (Lipinski definition) is 2. The predicted octanol–water partition coefficient (Wildman–Crippen LogP) is 9.80. The average molecular weight is 727 g/mol. The third kappa shape index (κ3) is 15.2. The molecule has 3 aromatic rings. The van der Waals surface area contributed by atoms with Gasteiger partial charge in [-0.3, -0.25) is 9.98 Å². The van der Waals surface area contributed by atoms with Gasteiger partial charge in [-0.1, -0.05) is 58.4 Å². The third-order valence-electron chi connectivity index (χ3n) is 10.5. The van der Waals surface area contributed by atoms with Gasteiger partial charge in [0, 0.05) is 36.9 Å². The summed E-state index contributed by atoms with van der Waals surface area (Å²) in [6.45, 7) is 27.0. The highest BCUT2D eigenvalue weighted by Crippen LogP contribution is 2.38. The molecule has 1 saturated carbocycles. The lowest BCUT2D eigenvalue weighted by Gasteiger charge is -2.38. The van der Waals surface area contributed by atoms with Crippen molar-refractivity contribution < 1.29 is 4.39 Å². The molecule has 0 amide bonds. The molecule has 6 nitrogen and oxygen atoms in total. The quantitative estimate of drug-likeness (QED) is 0.0982. The van der Waals surface area contributed by atoms with Crippen LogP contribution in [0.25, 0.3) is 0 Å². The predicted molar refractivity (Wildman–Crippen MR) is 230 cm³/mol. The van der Waals surface area contributed by atoms with E-state index in [1.54, 1.807) is 6.07 Å². The van der Waals surface area contributed by atoms with Crippen LogP contribution in [0.2, 0.25) is 0 Å². The summed E-state index contributed by atoms with van der Waals surface area (Å²) in [5.74, 6) is 1.17. The highest BCUT2D eigenvalue weighted by Gasteiger charge is 2.27. The van der Waals surface area contributed by atoms with Crippen LogP contribution in [-0.4, -0.2) is 62.9 Å². The van der Waals surface area contributed by atoms with E-state index >= 15 is 0 Å². The summed E-state index contributed by atoms with van der Waals surface area (Å²) in [5.41, 5.74) is 17.3. The van der Waals surface area contributed by atoms with Crippen molar-refractivity contribution in [1.82, 2.24) is 9.88 Å². The van der Waals surface area contributed by atoms with Gasteiger partial charge in [0.1, 0.15) is 5.82 Å². The molecule has 5 rings (SSSR count). The molecule has 7 heteroatoms. The maximum Gasteiger partial charge on any atom is 0.126 e. The lowest BCUT2D eigenvalue weighted by atomic mass is 9.81. The fourth-order valence-corrected chi connectivity index (χ4v) is 6.53. The molecule has 0 radical (unpaired) electrons. The van der Waals surface area contributed by atoms with E-state index in [1.807, 2.05) is 19.1 Å². The number of terminal acetylenes is 1. The van der Waals surface area contributed by atoms with Gasteiger partial charge in [-0.15, -0.1) is 26.0 Å². The van der Waals surface area contributed by atoms with Crippen molar-refractivity contribution >= 4 is 18.1 Å². The van der Waals surface area contributed by atoms with Crippen molar-refractivity contribution in [1.29, 1.82) is 0 Å². The number of piperidine rings is 1. The zero-order valence-corrected chi connectivity index (χ0v) is 34.1. The van der Waals surface area contributed by atoms with Gasteiger partial charge in [-0.25, -0.2) is 4.39 Å². The average Bonchev–Trinajstić information content (AvgIpc) is 3.19. The molecule has 1 aliphatic heterocycles. The third-order valence-corrected chi connectivity index (χ3v) is 10.5. The molecule has 1 aliphatic carbocycles. The summed E-state index contributed by atoms with van der Waals surface area (Å²) < 4.78 is 14.3. The van der Waals surface area contributed by atoms with E-state index in [2.05, 4.69) is 117 Å². The Morgan fingerprint density at radius 3 is 2.19 bits per heavy atom. The van der Waals surface area contributed by atoms with E-state index in [1.165, 1.54) is 43.3 Å². The minimum atomic E-state index is -0.107. The van der Waals surface area contributed by atoms with Crippen LogP contribution in [0.5, 0.6) is 0 Å². The zero-order chi connectivity index (χ0) is 39.8. The number of halogens is 1. The van der Waals surface area contributed by atoms with Crippen molar-refractivity contribution in [3.63, 3.8) is 0 Å². The van der Waals surface area contributed by atoms with Crippen LogP contribution in [-0.2, 0) is 18.3 Å². The summed E-state index contributed by atoms with van der Waals surface area (Å²) in [5, 5.41) is 0. The molecule has 0 unspecified atom stereocenters. The van der Waals surface area contributed by atoms with Gasteiger partial charge in [-0.2, -0.15) is 0 Å². The Morgan fingerprint density at radius 1 is 0.981 bits per heavy atom. The van der Waals surface area contributed by atoms with Crippen molar-refractivity contribution in [2.24, 2.45) is 22.4 Å². The van der Waals surface area contributed by atoms with E-state index in [0.29, 0.717) is 12.3 Å². The number of aryl methyl sites for hydroxylation is 3. The summed E-state index contributed by atoms with van der Waals surface area (Å²) >= 11 is 0. The van der Waals surface area contributed by atoms with Crippen LogP contribution >= 0.6 is 0 Å². The van der Waals surface area contributed by atoms with Crippen LogP contribution in [0.4, 0.5) is 15.8 Å². The van der Waals surface area contributed by atoms with Gasteiger partial charge < -0.3 is 21.3 Å². The number of anilines is 1. The van der Waals surface area contributed by atoms with Gasteiger partial charge in [0.2, 0.25) is 0 Å². The van der Waals surface area contributed by atoms with Crippen molar-refractivity contribution in [3.05, 3.63) is 102 Å². The topological polar surface area (TPSA) is 83.8 Å². The molecule has 1 aromatic heterocycles. The number of benzene rings is 2. The molecule has 292 valence electrons. The molecule has 2 fully saturated rings. The lowest BCUT2D eigenvalue weighted by molar-refractivity contribution is 0.212. The van der Waals surface area contributed by atoms with E-state index in [9.17, 15) is 4.39 Å². The molecular formula is C46H71FN6. The molecule has 1 saturated heterocycles. The molecule has 2 aliphatic rings. The van der Waals surface area contributed by atoms with Crippen molar-refractivity contribution in [3.8, 4) is 12.8 Å². The van der Waals surface area contributed by atoms with Gasteiger partial charge >= 0.3 is 0 Å². The molecule has 2 aromatic carbocycles. The van der Waals surface area contributed by atoms with Gasteiger partial charge in [-0.05, 0) is 150 Å². The Bertz CT molecular complexity index is 1470. The Hall–Kier alpha value is -3.83. The van der Waals surface area contributed by atoms with Gasteiger partial charge in [0.25, 0.3) is 0 Å². The monoisotopic (exact) mass is 727 g/mol. The number of pyridine rings is 1. The minimum absolute atomic E-state index is 0.107. The number of rotatable bonds is 14. The summed E-state index contributed by atoms with van der Waals surface area (Å²) in [6.07, 6.45) is 17.9. The summed E-state index contributed by atoms with van der Waals surface area (Å²) in [6, 6.07) is 18.7. The Labute approximate surface area is 323 Å². The SMILES string of the molecule is C#C.C=C.C=Nc1ccc(C(C)(C)CC)cc1N(CCN1CCC(c2cccc(CCc3ccc(C)cc3F)n2)CC1)CC1CCC1.CCCN.CN. The minimum Gasteiger partial charge on any atom is -0.368 e. The molecule has 0 bridgehead atoms. The first-order valence-corrected chi connectivity index (χ1v) is 19.6. The van der Waals surface area contributed by atoms with Crippen LogP contribution in [0.1, 0.15) is 107 Å². The van der Waals surface area contributed by atoms with Crippen LogP contribution in [0, 0.1) is 31.5 Å². The maximum atomic E-state index is 14.3.